The molecule has 2 aromatic rings. The van der Waals surface area contributed by atoms with E-state index < -0.39 is 18.6 Å². The van der Waals surface area contributed by atoms with Crippen LogP contribution in [0, 0.1) is 22.7 Å². The van der Waals surface area contributed by atoms with E-state index in [2.05, 4.69) is 4.98 Å². The van der Waals surface area contributed by atoms with Gasteiger partial charge in [-0.3, -0.25) is 4.79 Å². The van der Waals surface area contributed by atoms with Gasteiger partial charge in [0.2, 0.25) is 0 Å². The minimum Gasteiger partial charge on any atom is -0.493 e. The first-order valence-electron chi connectivity index (χ1n) is 6.88. The van der Waals surface area contributed by atoms with E-state index in [1.165, 1.54) is 25.3 Å². The number of anilines is 1. The molecule has 25 heavy (non-hydrogen) atoms. The smallest absolute Gasteiger partial charge is 0.272 e. The van der Waals surface area contributed by atoms with Crippen molar-refractivity contribution in [2.24, 2.45) is 0 Å². The first-order valence-corrected chi connectivity index (χ1v) is 6.88. The standard InChI is InChI=1S/C16H12F2N4O3/c1-24-12-4-8(2-3-11(12)25-7-13(17)18)14-9(5-19)15(21)22-16(23)10(14)6-20/h2-4,13H,7H2,1H3,(H3,21,22,23). The highest BCUT2D eigenvalue weighted by Gasteiger charge is 2.19. The van der Waals surface area contributed by atoms with Gasteiger partial charge in [-0.15, -0.1) is 0 Å². The number of nitrogens with two attached hydrogens (primary N) is 1. The lowest BCUT2D eigenvalue weighted by Gasteiger charge is -2.13. The number of hydrogen-bond acceptors (Lipinski definition) is 6. The van der Waals surface area contributed by atoms with Crippen LogP contribution in [0.25, 0.3) is 11.1 Å². The Bertz CT molecular complexity index is 942. The molecule has 0 fully saturated rings. The Balaban J connectivity index is 2.66. The molecule has 0 spiro atoms. The third-order valence-corrected chi connectivity index (χ3v) is 3.29. The lowest BCUT2D eigenvalue weighted by molar-refractivity contribution is 0.0804. The quantitative estimate of drug-likeness (QED) is 0.853. The topological polar surface area (TPSA) is 125 Å². The van der Waals surface area contributed by atoms with E-state index >= 15 is 0 Å². The summed E-state index contributed by atoms with van der Waals surface area (Å²) in [6, 6.07) is 7.70. The second kappa shape index (κ2) is 7.32. The SMILES string of the molecule is COc1cc(-c2c(C#N)c(N)[nH]c(=O)c2C#N)ccc1OCC(F)F. The van der Waals surface area contributed by atoms with Crippen LogP contribution in [0.5, 0.6) is 11.5 Å². The number of aromatic amines is 1. The molecule has 3 N–H and O–H groups in total. The molecule has 0 aliphatic heterocycles. The summed E-state index contributed by atoms with van der Waals surface area (Å²) in [5.74, 6) is -0.0235. The molecule has 0 aliphatic rings. The fourth-order valence-electron chi connectivity index (χ4n) is 2.23. The van der Waals surface area contributed by atoms with Crippen molar-refractivity contribution >= 4 is 5.82 Å². The highest BCUT2D eigenvalue weighted by atomic mass is 19.3. The molecule has 1 aromatic carbocycles. The van der Waals surface area contributed by atoms with Gasteiger partial charge in [0.25, 0.3) is 12.0 Å². The molecule has 0 radical (unpaired) electrons. The average Bonchev–Trinajstić information content (AvgIpc) is 2.59. The van der Waals surface area contributed by atoms with E-state index in [1.807, 2.05) is 6.07 Å². The summed E-state index contributed by atoms with van der Waals surface area (Å²) in [5, 5.41) is 18.5. The van der Waals surface area contributed by atoms with E-state index in [4.69, 9.17) is 15.2 Å². The van der Waals surface area contributed by atoms with Crippen LogP contribution < -0.4 is 20.8 Å². The Kier molecular flexibility index (Phi) is 5.20. The van der Waals surface area contributed by atoms with E-state index in [1.54, 1.807) is 6.07 Å². The number of H-pyrrole nitrogens is 1. The summed E-state index contributed by atoms with van der Waals surface area (Å²) in [7, 11) is 1.30. The highest BCUT2D eigenvalue weighted by Crippen LogP contribution is 2.35. The maximum absolute atomic E-state index is 12.3. The van der Waals surface area contributed by atoms with Crippen LogP contribution in [0.4, 0.5) is 14.6 Å². The van der Waals surface area contributed by atoms with Crippen molar-refractivity contribution in [3.63, 3.8) is 0 Å². The van der Waals surface area contributed by atoms with Crippen molar-refractivity contribution in [3.8, 4) is 34.8 Å². The summed E-state index contributed by atoms with van der Waals surface area (Å²) in [5.41, 5.74) is 4.84. The first kappa shape index (κ1) is 17.8. The Labute approximate surface area is 140 Å². The number of benzene rings is 1. The normalized spacial score (nSPS) is 10.2. The van der Waals surface area contributed by atoms with Crippen molar-refractivity contribution < 1.29 is 18.3 Å². The van der Waals surface area contributed by atoms with Gasteiger partial charge in [0.15, 0.2) is 11.5 Å². The van der Waals surface area contributed by atoms with Crippen molar-refractivity contribution in [3.05, 3.63) is 39.7 Å². The number of nitriles is 2. The van der Waals surface area contributed by atoms with Crippen molar-refractivity contribution in [2.75, 3.05) is 19.5 Å². The number of halogens is 2. The predicted molar refractivity (Wildman–Crippen MR) is 84.4 cm³/mol. The number of ether oxygens (including phenoxy) is 2. The second-order valence-electron chi connectivity index (χ2n) is 4.78. The predicted octanol–water partition coefficient (Wildman–Crippen LogP) is 2.02. The Morgan fingerprint density at radius 2 is 1.92 bits per heavy atom. The molecular formula is C16H12F2N4O3. The van der Waals surface area contributed by atoms with Gasteiger partial charge in [0, 0.05) is 5.56 Å². The average molecular weight is 346 g/mol. The highest BCUT2D eigenvalue weighted by molar-refractivity contribution is 5.81. The zero-order chi connectivity index (χ0) is 18.6. The molecule has 0 amide bonds. The van der Waals surface area contributed by atoms with E-state index in [0.29, 0.717) is 0 Å². The van der Waals surface area contributed by atoms with Gasteiger partial charge in [-0.2, -0.15) is 10.5 Å². The molecule has 0 saturated heterocycles. The summed E-state index contributed by atoms with van der Waals surface area (Å²) < 4.78 is 34.6. The van der Waals surface area contributed by atoms with E-state index in [0.717, 1.165) is 0 Å². The Morgan fingerprint density at radius 3 is 2.48 bits per heavy atom. The van der Waals surface area contributed by atoms with Gasteiger partial charge in [-0.05, 0) is 17.7 Å². The maximum Gasteiger partial charge on any atom is 0.272 e. The van der Waals surface area contributed by atoms with Gasteiger partial charge in [-0.25, -0.2) is 8.78 Å². The van der Waals surface area contributed by atoms with E-state index in [-0.39, 0.29) is 39.6 Å². The molecule has 0 atom stereocenters. The third kappa shape index (κ3) is 3.51. The number of rotatable bonds is 5. The van der Waals surface area contributed by atoms with Gasteiger partial charge in [-0.1, -0.05) is 6.07 Å². The van der Waals surface area contributed by atoms with Crippen LogP contribution in [-0.4, -0.2) is 25.1 Å². The van der Waals surface area contributed by atoms with Crippen LogP contribution in [0.15, 0.2) is 23.0 Å². The Hall–Kier alpha value is -3.59. The molecule has 0 unspecified atom stereocenters. The van der Waals surface area contributed by atoms with Crippen molar-refractivity contribution in [2.45, 2.75) is 6.43 Å². The molecule has 128 valence electrons. The van der Waals surface area contributed by atoms with Crippen LogP contribution in [0.2, 0.25) is 0 Å². The number of alkyl halides is 2. The molecule has 1 aromatic heterocycles. The van der Waals surface area contributed by atoms with Crippen LogP contribution in [-0.2, 0) is 0 Å². The molecule has 0 saturated carbocycles. The molecule has 7 nitrogen and oxygen atoms in total. The lowest BCUT2D eigenvalue weighted by atomic mass is 9.96. The van der Waals surface area contributed by atoms with Crippen molar-refractivity contribution in [1.82, 2.24) is 4.98 Å². The zero-order valence-electron chi connectivity index (χ0n) is 13.0. The fraction of sp³-hybridized carbons (Fsp3) is 0.188. The number of hydrogen-bond donors (Lipinski definition) is 2. The largest absolute Gasteiger partial charge is 0.493 e. The van der Waals surface area contributed by atoms with Crippen LogP contribution in [0.1, 0.15) is 11.1 Å². The number of pyridine rings is 1. The molecule has 0 bridgehead atoms. The minimum absolute atomic E-state index is 0.0324. The van der Waals surface area contributed by atoms with Gasteiger partial charge in [0.05, 0.1) is 7.11 Å². The Morgan fingerprint density at radius 1 is 1.24 bits per heavy atom. The molecule has 2 rings (SSSR count). The summed E-state index contributed by atoms with van der Waals surface area (Å²) in [6.45, 7) is -0.819. The number of nitrogens with zero attached hydrogens (tertiary/aromatic N) is 2. The second-order valence-corrected chi connectivity index (χ2v) is 4.78. The summed E-state index contributed by atoms with van der Waals surface area (Å²) in [6.07, 6.45) is -2.66. The number of nitrogens with one attached hydrogen (secondary N) is 1. The molecule has 0 aliphatic carbocycles. The molecule has 1 heterocycles. The van der Waals surface area contributed by atoms with Crippen LogP contribution >= 0.6 is 0 Å². The number of aromatic nitrogens is 1. The van der Waals surface area contributed by atoms with E-state index in [9.17, 15) is 24.1 Å². The molecular weight excluding hydrogens is 334 g/mol. The van der Waals surface area contributed by atoms with Gasteiger partial charge >= 0.3 is 0 Å². The maximum atomic E-state index is 12.3. The summed E-state index contributed by atoms with van der Waals surface area (Å²) >= 11 is 0. The zero-order valence-corrected chi connectivity index (χ0v) is 13.0. The van der Waals surface area contributed by atoms with Gasteiger partial charge < -0.3 is 20.2 Å². The number of methoxy groups -OCH3 is 1. The lowest BCUT2D eigenvalue weighted by Crippen LogP contribution is -2.16. The van der Waals surface area contributed by atoms with Crippen LogP contribution in [0.3, 0.4) is 0 Å². The number of nitrogen functional groups attached to an aromatic ring is 1. The van der Waals surface area contributed by atoms with Crippen molar-refractivity contribution in [1.29, 1.82) is 10.5 Å². The third-order valence-electron chi connectivity index (χ3n) is 3.29. The minimum atomic E-state index is -2.66. The first-order chi connectivity index (χ1) is 11.9. The fourth-order valence-corrected chi connectivity index (χ4v) is 2.23. The monoisotopic (exact) mass is 346 g/mol. The van der Waals surface area contributed by atoms with Gasteiger partial charge in [0.1, 0.15) is 35.7 Å². The summed E-state index contributed by atoms with van der Waals surface area (Å²) in [4.78, 5) is 14.2. The molecule has 9 heteroatoms.